The molecule has 0 spiro atoms. The first-order chi connectivity index (χ1) is 10.3. The van der Waals surface area contributed by atoms with Gasteiger partial charge >= 0.3 is 0 Å². The van der Waals surface area contributed by atoms with Crippen LogP contribution in [0.3, 0.4) is 0 Å². The summed E-state index contributed by atoms with van der Waals surface area (Å²) in [5, 5.41) is 7.78. The van der Waals surface area contributed by atoms with Crippen LogP contribution in [0.15, 0.2) is 12.3 Å². The number of nitrogens with zero attached hydrogens (tertiary/aromatic N) is 3. The van der Waals surface area contributed by atoms with Gasteiger partial charge in [0.1, 0.15) is 6.04 Å². The highest BCUT2D eigenvalue weighted by Gasteiger charge is 2.24. The summed E-state index contributed by atoms with van der Waals surface area (Å²) in [5.74, 6) is -0.922. The highest BCUT2D eigenvalue weighted by molar-refractivity contribution is 5.99. The lowest BCUT2D eigenvalue weighted by molar-refractivity contribution is -0.120. The van der Waals surface area contributed by atoms with Gasteiger partial charge in [0.25, 0.3) is 5.91 Å². The van der Waals surface area contributed by atoms with Gasteiger partial charge in [0.2, 0.25) is 5.91 Å². The normalized spacial score (nSPS) is 13.8. The summed E-state index contributed by atoms with van der Waals surface area (Å²) >= 11 is 0. The first kappa shape index (κ1) is 15.9. The zero-order valence-corrected chi connectivity index (χ0v) is 13.3. The average molecular weight is 303 g/mol. The minimum absolute atomic E-state index is 0.0294. The van der Waals surface area contributed by atoms with Crippen molar-refractivity contribution in [3.8, 4) is 0 Å². The number of nitrogens with one attached hydrogen (secondary N) is 1. The minimum atomic E-state index is -0.691. The highest BCUT2D eigenvalue weighted by Crippen LogP contribution is 2.17. The molecular formula is C15H21N5O2. The number of rotatable bonds is 5. The molecule has 0 aliphatic carbocycles. The van der Waals surface area contributed by atoms with Gasteiger partial charge in [0, 0.05) is 18.6 Å². The topological polar surface area (TPSA) is 103 Å². The maximum atomic E-state index is 12.4. The number of hydrogen-bond acceptors (Lipinski definition) is 4. The van der Waals surface area contributed by atoms with E-state index >= 15 is 0 Å². The Balaban J connectivity index is 2.29. The van der Waals surface area contributed by atoms with Crippen molar-refractivity contribution in [3.05, 3.63) is 23.5 Å². The second kappa shape index (κ2) is 6.13. The van der Waals surface area contributed by atoms with Crippen molar-refractivity contribution in [1.82, 2.24) is 20.1 Å². The molecule has 7 heteroatoms. The molecule has 2 rings (SSSR count). The zero-order chi connectivity index (χ0) is 16.4. The van der Waals surface area contributed by atoms with Gasteiger partial charge < -0.3 is 11.1 Å². The molecule has 3 N–H and O–H groups in total. The van der Waals surface area contributed by atoms with E-state index in [9.17, 15) is 9.59 Å². The molecule has 2 amide bonds. The number of fused-ring (bicyclic) bond motifs is 1. The number of aryl methyl sites for hydroxylation is 2. The predicted molar refractivity (Wildman–Crippen MR) is 83.1 cm³/mol. The van der Waals surface area contributed by atoms with Crippen LogP contribution in [0.2, 0.25) is 0 Å². The standard InChI is InChI=1S/C15H21N5O2/c1-5-8(2)12(13(16)21)18-15(22)10-6-11-9(3)19-20(4)14(11)17-7-10/h6-8,12H,5H2,1-4H3,(H2,16,21)(H,18,22). The lowest BCUT2D eigenvalue weighted by Crippen LogP contribution is -2.48. The van der Waals surface area contributed by atoms with Crippen molar-refractivity contribution in [1.29, 1.82) is 0 Å². The molecule has 2 aromatic heterocycles. The number of carbonyl (C=O) groups excluding carboxylic acids is 2. The van der Waals surface area contributed by atoms with Crippen LogP contribution in [0, 0.1) is 12.8 Å². The molecule has 2 atom stereocenters. The quantitative estimate of drug-likeness (QED) is 0.856. The van der Waals surface area contributed by atoms with Gasteiger partial charge in [-0.05, 0) is 18.9 Å². The van der Waals surface area contributed by atoms with Crippen LogP contribution >= 0.6 is 0 Å². The number of pyridine rings is 1. The van der Waals surface area contributed by atoms with Crippen LogP contribution in [0.1, 0.15) is 36.3 Å². The van der Waals surface area contributed by atoms with Crippen molar-refractivity contribution in [3.63, 3.8) is 0 Å². The van der Waals surface area contributed by atoms with E-state index in [2.05, 4.69) is 15.4 Å². The monoisotopic (exact) mass is 303 g/mol. The Morgan fingerprint density at radius 2 is 2.14 bits per heavy atom. The molecule has 0 aliphatic rings. The van der Waals surface area contributed by atoms with Gasteiger partial charge in [0.15, 0.2) is 5.65 Å². The Morgan fingerprint density at radius 3 is 2.73 bits per heavy atom. The minimum Gasteiger partial charge on any atom is -0.368 e. The maximum Gasteiger partial charge on any atom is 0.253 e. The third kappa shape index (κ3) is 2.93. The first-order valence-electron chi connectivity index (χ1n) is 7.24. The van der Waals surface area contributed by atoms with E-state index in [4.69, 9.17) is 5.73 Å². The lowest BCUT2D eigenvalue weighted by atomic mass is 9.98. The van der Waals surface area contributed by atoms with Crippen LogP contribution in [0.5, 0.6) is 0 Å². The van der Waals surface area contributed by atoms with E-state index in [0.29, 0.717) is 11.2 Å². The van der Waals surface area contributed by atoms with Crippen molar-refractivity contribution in [2.24, 2.45) is 18.7 Å². The zero-order valence-electron chi connectivity index (χ0n) is 13.3. The molecule has 0 fully saturated rings. The van der Waals surface area contributed by atoms with Gasteiger partial charge in [-0.2, -0.15) is 5.10 Å². The Kier molecular flexibility index (Phi) is 4.44. The van der Waals surface area contributed by atoms with Gasteiger partial charge in [-0.1, -0.05) is 20.3 Å². The number of hydrogen-bond donors (Lipinski definition) is 2. The largest absolute Gasteiger partial charge is 0.368 e. The van der Waals surface area contributed by atoms with E-state index in [1.54, 1.807) is 17.8 Å². The number of aromatic nitrogens is 3. The van der Waals surface area contributed by atoms with Gasteiger partial charge in [-0.3, -0.25) is 14.3 Å². The fourth-order valence-corrected chi connectivity index (χ4v) is 2.39. The Morgan fingerprint density at radius 1 is 1.45 bits per heavy atom. The number of carbonyl (C=O) groups is 2. The van der Waals surface area contributed by atoms with Crippen LogP contribution in [0.25, 0.3) is 11.0 Å². The Bertz CT molecular complexity index is 722. The van der Waals surface area contributed by atoms with Crippen molar-refractivity contribution < 1.29 is 9.59 Å². The molecule has 22 heavy (non-hydrogen) atoms. The highest BCUT2D eigenvalue weighted by atomic mass is 16.2. The number of nitrogens with two attached hydrogens (primary N) is 1. The summed E-state index contributed by atoms with van der Waals surface area (Å²) in [7, 11) is 1.80. The molecule has 0 radical (unpaired) electrons. The molecule has 0 bridgehead atoms. The molecule has 0 saturated carbocycles. The van der Waals surface area contributed by atoms with Crippen molar-refractivity contribution in [2.45, 2.75) is 33.2 Å². The fraction of sp³-hybridized carbons (Fsp3) is 0.467. The molecule has 2 unspecified atom stereocenters. The average Bonchev–Trinajstić information content (AvgIpc) is 2.77. The summed E-state index contributed by atoms with van der Waals surface area (Å²) in [6.07, 6.45) is 2.22. The number of amides is 2. The first-order valence-corrected chi connectivity index (χ1v) is 7.24. The molecule has 2 aromatic rings. The summed E-state index contributed by atoms with van der Waals surface area (Å²) < 4.78 is 1.66. The third-order valence-electron chi connectivity index (χ3n) is 3.93. The Labute approximate surface area is 128 Å². The van der Waals surface area contributed by atoms with Crippen molar-refractivity contribution >= 4 is 22.8 Å². The van der Waals surface area contributed by atoms with Crippen LogP contribution in [-0.4, -0.2) is 32.6 Å². The molecule has 2 heterocycles. The summed E-state index contributed by atoms with van der Waals surface area (Å²) in [5.41, 5.74) is 7.27. The van der Waals surface area contributed by atoms with Gasteiger partial charge in [0.05, 0.1) is 11.3 Å². The molecule has 0 saturated heterocycles. The summed E-state index contributed by atoms with van der Waals surface area (Å²) in [6.45, 7) is 5.68. The molecule has 7 nitrogen and oxygen atoms in total. The number of primary amides is 1. The van der Waals surface area contributed by atoms with Crippen LogP contribution in [-0.2, 0) is 11.8 Å². The van der Waals surface area contributed by atoms with E-state index in [1.165, 1.54) is 6.20 Å². The molecule has 0 aromatic carbocycles. The van der Waals surface area contributed by atoms with Crippen molar-refractivity contribution in [2.75, 3.05) is 0 Å². The maximum absolute atomic E-state index is 12.4. The Hall–Kier alpha value is -2.44. The third-order valence-corrected chi connectivity index (χ3v) is 3.93. The summed E-state index contributed by atoms with van der Waals surface area (Å²) in [4.78, 5) is 28.1. The molecule has 118 valence electrons. The predicted octanol–water partition coefficient (Wildman–Crippen LogP) is 0.907. The van der Waals surface area contributed by atoms with E-state index in [-0.39, 0.29) is 11.8 Å². The smallest absolute Gasteiger partial charge is 0.253 e. The van der Waals surface area contributed by atoms with E-state index in [0.717, 1.165) is 17.5 Å². The van der Waals surface area contributed by atoms with Gasteiger partial charge in [-0.15, -0.1) is 0 Å². The second-order valence-corrected chi connectivity index (χ2v) is 5.54. The fourth-order valence-electron chi connectivity index (χ4n) is 2.39. The van der Waals surface area contributed by atoms with Crippen LogP contribution < -0.4 is 11.1 Å². The second-order valence-electron chi connectivity index (χ2n) is 5.54. The van der Waals surface area contributed by atoms with Crippen LogP contribution in [0.4, 0.5) is 0 Å². The lowest BCUT2D eigenvalue weighted by Gasteiger charge is -2.21. The molecule has 0 aliphatic heterocycles. The SMILES string of the molecule is CCC(C)C(NC(=O)c1cnc2c(c1)c(C)nn2C)C(N)=O. The van der Waals surface area contributed by atoms with E-state index < -0.39 is 11.9 Å². The molecular weight excluding hydrogens is 282 g/mol. The van der Waals surface area contributed by atoms with E-state index in [1.807, 2.05) is 20.8 Å². The summed E-state index contributed by atoms with van der Waals surface area (Å²) in [6, 6.07) is 1.04. The van der Waals surface area contributed by atoms with Gasteiger partial charge in [-0.25, -0.2) is 4.98 Å².